The van der Waals surface area contributed by atoms with Crippen molar-refractivity contribution < 1.29 is 47.2 Å². The Bertz CT molecular complexity index is 1420. The maximum atomic E-state index is 13.2. The van der Waals surface area contributed by atoms with Crippen molar-refractivity contribution in [1.29, 1.82) is 0 Å². The van der Waals surface area contributed by atoms with Gasteiger partial charge in [-0.05, 0) is 53.6 Å². The van der Waals surface area contributed by atoms with Crippen LogP contribution in [0.4, 0.5) is 0 Å². The minimum Gasteiger partial charge on any atom is -0.493 e. The molecule has 0 spiro atoms. The number of esters is 2. The largest absolute Gasteiger partial charge is 0.493 e. The molecule has 0 N–H and O–H groups in total. The van der Waals surface area contributed by atoms with Gasteiger partial charge in [0.2, 0.25) is 12.5 Å². The Balaban J connectivity index is 1.47. The molecule has 2 aromatic carbocycles. The molecule has 0 unspecified atom stereocenters. The van der Waals surface area contributed by atoms with Crippen LogP contribution in [0, 0.1) is 11.8 Å². The molecule has 10 nitrogen and oxygen atoms in total. The van der Waals surface area contributed by atoms with E-state index >= 15 is 0 Å². The molecule has 4 atom stereocenters. The molecular formula is C29H26O10. The van der Waals surface area contributed by atoms with Gasteiger partial charge in [0.05, 0.1) is 40.1 Å². The summed E-state index contributed by atoms with van der Waals surface area (Å²) >= 11 is 0. The van der Waals surface area contributed by atoms with Crippen LogP contribution in [0.3, 0.4) is 0 Å². The van der Waals surface area contributed by atoms with Gasteiger partial charge in [0.1, 0.15) is 11.9 Å². The molecule has 1 fully saturated rings. The SMILES string of the molecule is COc1cc([C@@H]2c3cc4c(cc3[C@H](OC(=O)/C=C/c3ccco3)[C@H]3COC(=O)[C@H]23)OCO4)cc(OC)c1OC. The minimum absolute atomic E-state index is 0.0678. The lowest BCUT2D eigenvalue weighted by Gasteiger charge is -2.38. The van der Waals surface area contributed by atoms with E-state index in [0.717, 1.165) is 11.1 Å². The predicted molar refractivity (Wildman–Crippen MR) is 135 cm³/mol. The molecular weight excluding hydrogens is 508 g/mol. The number of hydrogen-bond donors (Lipinski definition) is 0. The first kappa shape index (κ1) is 24.7. The lowest BCUT2D eigenvalue weighted by atomic mass is 9.66. The fourth-order valence-electron chi connectivity index (χ4n) is 5.64. The Hall–Kier alpha value is -4.60. The summed E-state index contributed by atoms with van der Waals surface area (Å²) in [5, 5.41) is 0. The number of furan rings is 1. The molecule has 1 aliphatic carbocycles. The molecule has 1 saturated heterocycles. The molecule has 0 saturated carbocycles. The first-order chi connectivity index (χ1) is 19.0. The zero-order valence-electron chi connectivity index (χ0n) is 21.5. The molecule has 0 bridgehead atoms. The van der Waals surface area contributed by atoms with Gasteiger partial charge in [-0.1, -0.05) is 0 Å². The van der Waals surface area contributed by atoms with Crippen LogP contribution < -0.4 is 23.7 Å². The molecule has 1 aromatic heterocycles. The quantitative estimate of drug-likeness (QED) is 0.322. The van der Waals surface area contributed by atoms with Crippen molar-refractivity contribution in [3.05, 3.63) is 71.2 Å². The summed E-state index contributed by atoms with van der Waals surface area (Å²) in [5.74, 6) is 0.401. The molecule has 6 rings (SSSR count). The second-order valence-electron chi connectivity index (χ2n) is 9.30. The fraction of sp³-hybridized carbons (Fsp3) is 0.310. The summed E-state index contributed by atoms with van der Waals surface area (Å²) < 4.78 is 44.8. The van der Waals surface area contributed by atoms with E-state index in [-0.39, 0.29) is 19.4 Å². The lowest BCUT2D eigenvalue weighted by Crippen LogP contribution is -2.36. The molecule has 39 heavy (non-hydrogen) atoms. The highest BCUT2D eigenvalue weighted by Crippen LogP contribution is 2.56. The Labute approximate surface area is 223 Å². The van der Waals surface area contributed by atoms with Gasteiger partial charge in [0.15, 0.2) is 23.0 Å². The highest BCUT2D eigenvalue weighted by atomic mass is 16.7. The van der Waals surface area contributed by atoms with E-state index in [0.29, 0.717) is 40.1 Å². The average molecular weight is 535 g/mol. The maximum Gasteiger partial charge on any atom is 0.331 e. The van der Waals surface area contributed by atoms with Crippen LogP contribution in [0.1, 0.15) is 34.5 Å². The topological polar surface area (TPSA) is 112 Å². The van der Waals surface area contributed by atoms with Crippen LogP contribution in [0.25, 0.3) is 6.08 Å². The van der Waals surface area contributed by atoms with Crippen molar-refractivity contribution in [2.45, 2.75) is 12.0 Å². The normalized spacial score (nSPS) is 22.7. The second kappa shape index (κ2) is 9.94. The van der Waals surface area contributed by atoms with E-state index < -0.39 is 29.8 Å². The fourth-order valence-corrected chi connectivity index (χ4v) is 5.64. The van der Waals surface area contributed by atoms with Crippen molar-refractivity contribution in [3.63, 3.8) is 0 Å². The third-order valence-electron chi connectivity index (χ3n) is 7.34. The molecule has 3 aliphatic rings. The molecule has 2 aliphatic heterocycles. The third kappa shape index (κ3) is 4.21. The first-order valence-electron chi connectivity index (χ1n) is 12.3. The van der Waals surface area contributed by atoms with E-state index in [1.165, 1.54) is 39.7 Å². The number of hydrogen-bond acceptors (Lipinski definition) is 10. The van der Waals surface area contributed by atoms with E-state index in [2.05, 4.69) is 0 Å². The number of carbonyl (C=O) groups is 2. The number of methoxy groups -OCH3 is 3. The summed E-state index contributed by atoms with van der Waals surface area (Å²) in [7, 11) is 4.60. The number of benzene rings is 2. The highest BCUT2D eigenvalue weighted by molar-refractivity contribution is 5.87. The number of rotatable bonds is 7. The van der Waals surface area contributed by atoms with Gasteiger partial charge in [0, 0.05) is 23.5 Å². The summed E-state index contributed by atoms with van der Waals surface area (Å²) in [5.41, 5.74) is 2.21. The zero-order chi connectivity index (χ0) is 27.1. The van der Waals surface area contributed by atoms with Gasteiger partial charge < -0.3 is 37.6 Å². The van der Waals surface area contributed by atoms with E-state index in [9.17, 15) is 9.59 Å². The van der Waals surface area contributed by atoms with Crippen LogP contribution in [-0.4, -0.2) is 46.7 Å². The van der Waals surface area contributed by atoms with Crippen LogP contribution >= 0.6 is 0 Å². The number of cyclic esters (lactones) is 1. The van der Waals surface area contributed by atoms with Crippen molar-refractivity contribution in [2.75, 3.05) is 34.7 Å². The second-order valence-corrected chi connectivity index (χ2v) is 9.30. The number of fused-ring (bicyclic) bond motifs is 3. The minimum atomic E-state index is -0.766. The molecule has 3 heterocycles. The lowest BCUT2D eigenvalue weighted by molar-refractivity contribution is -0.148. The van der Waals surface area contributed by atoms with Gasteiger partial charge >= 0.3 is 11.9 Å². The molecule has 0 amide bonds. The van der Waals surface area contributed by atoms with Crippen molar-refractivity contribution in [3.8, 4) is 28.7 Å². The Morgan fingerprint density at radius 2 is 1.67 bits per heavy atom. The standard InChI is InChI=1S/C29H26O10/c1-32-22-9-15(10-23(33-2)28(22)34-3)25-17-11-20-21(38-14-37-20)12-18(17)27(19-13-36-29(31)26(19)25)39-24(30)7-6-16-5-4-8-35-16/h4-12,19,25-27H,13-14H2,1-3H3/b7-6+/t19-,25+,26-,27-/m0/s1. The highest BCUT2D eigenvalue weighted by Gasteiger charge is 2.54. The molecule has 3 aromatic rings. The third-order valence-corrected chi connectivity index (χ3v) is 7.34. The van der Waals surface area contributed by atoms with Crippen LogP contribution in [0.2, 0.25) is 0 Å². The summed E-state index contributed by atoms with van der Waals surface area (Å²) in [6, 6.07) is 10.7. The van der Waals surface area contributed by atoms with Gasteiger partial charge in [-0.25, -0.2) is 4.79 Å². The van der Waals surface area contributed by atoms with Crippen LogP contribution in [0.15, 0.2) is 53.2 Å². The van der Waals surface area contributed by atoms with Crippen LogP contribution in [-0.2, 0) is 19.1 Å². The van der Waals surface area contributed by atoms with Gasteiger partial charge in [-0.15, -0.1) is 0 Å². The maximum absolute atomic E-state index is 13.2. The van der Waals surface area contributed by atoms with E-state index in [4.69, 9.17) is 37.6 Å². The molecule has 0 radical (unpaired) electrons. The first-order valence-corrected chi connectivity index (χ1v) is 12.3. The van der Waals surface area contributed by atoms with E-state index in [1.54, 1.807) is 12.1 Å². The van der Waals surface area contributed by atoms with Crippen LogP contribution in [0.5, 0.6) is 28.7 Å². The Morgan fingerprint density at radius 3 is 2.31 bits per heavy atom. The Morgan fingerprint density at radius 1 is 0.949 bits per heavy atom. The van der Waals surface area contributed by atoms with E-state index in [1.807, 2.05) is 24.3 Å². The average Bonchev–Trinajstić information content (AvgIpc) is 3.72. The Kier molecular flexibility index (Phi) is 6.30. The summed E-state index contributed by atoms with van der Waals surface area (Å²) in [4.78, 5) is 26.2. The monoisotopic (exact) mass is 534 g/mol. The number of carbonyl (C=O) groups excluding carboxylic acids is 2. The summed E-state index contributed by atoms with van der Waals surface area (Å²) in [6.45, 7) is 0.163. The summed E-state index contributed by atoms with van der Waals surface area (Å²) in [6.07, 6.45) is 3.57. The van der Waals surface area contributed by atoms with Crippen molar-refractivity contribution in [2.24, 2.45) is 11.8 Å². The smallest absolute Gasteiger partial charge is 0.331 e. The predicted octanol–water partition coefficient (Wildman–Crippen LogP) is 4.27. The molecule has 202 valence electrons. The van der Waals surface area contributed by atoms with Gasteiger partial charge in [-0.2, -0.15) is 0 Å². The van der Waals surface area contributed by atoms with Crippen molar-refractivity contribution in [1.82, 2.24) is 0 Å². The van der Waals surface area contributed by atoms with Gasteiger partial charge in [-0.3, -0.25) is 4.79 Å². The zero-order valence-corrected chi connectivity index (χ0v) is 21.5. The number of ether oxygens (including phenoxy) is 7. The van der Waals surface area contributed by atoms with Crippen molar-refractivity contribution >= 4 is 18.0 Å². The molecule has 10 heteroatoms. The van der Waals surface area contributed by atoms with Gasteiger partial charge in [0.25, 0.3) is 0 Å².